The van der Waals surface area contributed by atoms with E-state index in [2.05, 4.69) is 43.5 Å². The molecular formula is C15H18BrFN4. The Balaban J connectivity index is 2.26. The molecule has 0 radical (unpaired) electrons. The van der Waals surface area contributed by atoms with E-state index < -0.39 is 0 Å². The number of hydrogen-bond donors (Lipinski definition) is 2. The van der Waals surface area contributed by atoms with Crippen LogP contribution in [0.1, 0.15) is 26.1 Å². The van der Waals surface area contributed by atoms with Crippen LogP contribution >= 0.6 is 15.9 Å². The molecule has 1 aromatic carbocycles. The van der Waals surface area contributed by atoms with Gasteiger partial charge in [-0.05, 0) is 47.5 Å². The van der Waals surface area contributed by atoms with Crippen molar-refractivity contribution >= 4 is 33.3 Å². The summed E-state index contributed by atoms with van der Waals surface area (Å²) in [5, 5.41) is 6.37. The second-order valence-corrected chi connectivity index (χ2v) is 5.44. The average Bonchev–Trinajstić information content (AvgIpc) is 2.43. The standard InChI is InChI=1S/C15H18BrFN4/c1-3-5-13-20-14(18-4-2)9-15(21-13)19-10-6-7-12(17)11(16)8-10/h6-9H,3-5H2,1-2H3,(H2,18,19,20,21). The van der Waals surface area contributed by atoms with Crippen LogP contribution < -0.4 is 10.6 Å². The van der Waals surface area contributed by atoms with E-state index in [0.717, 1.165) is 36.7 Å². The predicted molar refractivity (Wildman–Crippen MR) is 87.6 cm³/mol. The van der Waals surface area contributed by atoms with Crippen LogP contribution in [0.15, 0.2) is 28.7 Å². The van der Waals surface area contributed by atoms with Crippen LogP contribution in [0.5, 0.6) is 0 Å². The third-order valence-corrected chi connectivity index (χ3v) is 3.40. The molecule has 0 bridgehead atoms. The number of aryl methyl sites for hydroxylation is 1. The molecule has 112 valence electrons. The number of nitrogens with zero attached hydrogens (tertiary/aromatic N) is 2. The lowest BCUT2D eigenvalue weighted by Gasteiger charge is -2.11. The lowest BCUT2D eigenvalue weighted by Crippen LogP contribution is -2.06. The molecule has 1 heterocycles. The number of nitrogens with one attached hydrogen (secondary N) is 2. The van der Waals surface area contributed by atoms with Crippen LogP contribution in [0.2, 0.25) is 0 Å². The Morgan fingerprint density at radius 1 is 1.14 bits per heavy atom. The Hall–Kier alpha value is -1.69. The summed E-state index contributed by atoms with van der Waals surface area (Å²) < 4.78 is 13.7. The zero-order chi connectivity index (χ0) is 15.2. The van der Waals surface area contributed by atoms with Crippen LogP contribution in [0, 0.1) is 5.82 Å². The highest BCUT2D eigenvalue weighted by molar-refractivity contribution is 9.10. The summed E-state index contributed by atoms with van der Waals surface area (Å²) >= 11 is 3.18. The maximum atomic E-state index is 13.3. The van der Waals surface area contributed by atoms with Crippen molar-refractivity contribution in [3.63, 3.8) is 0 Å². The summed E-state index contributed by atoms with van der Waals surface area (Å²) in [4.78, 5) is 8.94. The van der Waals surface area contributed by atoms with Crippen molar-refractivity contribution in [1.29, 1.82) is 0 Å². The molecule has 0 amide bonds. The highest BCUT2D eigenvalue weighted by Gasteiger charge is 2.06. The third kappa shape index (κ3) is 4.39. The van der Waals surface area contributed by atoms with E-state index in [-0.39, 0.29) is 5.82 Å². The van der Waals surface area contributed by atoms with Crippen molar-refractivity contribution in [2.75, 3.05) is 17.2 Å². The first kappa shape index (κ1) is 15.7. The summed E-state index contributed by atoms with van der Waals surface area (Å²) in [6.45, 7) is 4.91. The fourth-order valence-electron chi connectivity index (χ4n) is 1.89. The lowest BCUT2D eigenvalue weighted by atomic mass is 10.3. The quantitative estimate of drug-likeness (QED) is 0.803. The van der Waals surface area contributed by atoms with Crippen LogP contribution in [0.25, 0.3) is 0 Å². The van der Waals surface area contributed by atoms with E-state index in [1.807, 2.05) is 13.0 Å². The van der Waals surface area contributed by atoms with Crippen LogP contribution in [0.4, 0.5) is 21.7 Å². The molecule has 0 aliphatic rings. The fraction of sp³-hybridized carbons (Fsp3) is 0.333. The van der Waals surface area contributed by atoms with Gasteiger partial charge in [0.15, 0.2) is 0 Å². The molecular weight excluding hydrogens is 335 g/mol. The predicted octanol–water partition coefficient (Wildman–Crippen LogP) is 4.51. The smallest absolute Gasteiger partial charge is 0.137 e. The summed E-state index contributed by atoms with van der Waals surface area (Å²) in [6.07, 6.45) is 1.80. The average molecular weight is 353 g/mol. The van der Waals surface area contributed by atoms with Gasteiger partial charge in [-0.3, -0.25) is 0 Å². The van der Waals surface area contributed by atoms with Gasteiger partial charge in [0.2, 0.25) is 0 Å². The molecule has 6 heteroatoms. The van der Waals surface area contributed by atoms with Crippen LogP contribution in [0.3, 0.4) is 0 Å². The highest BCUT2D eigenvalue weighted by Crippen LogP contribution is 2.23. The number of hydrogen-bond acceptors (Lipinski definition) is 4. The van der Waals surface area contributed by atoms with E-state index >= 15 is 0 Å². The SMILES string of the molecule is CCCc1nc(NCC)cc(Nc2ccc(F)c(Br)c2)n1. The molecule has 0 spiro atoms. The van der Waals surface area contributed by atoms with E-state index in [0.29, 0.717) is 10.3 Å². The number of halogens is 2. The Bertz CT molecular complexity index is 594. The van der Waals surface area contributed by atoms with Gasteiger partial charge in [0.1, 0.15) is 23.3 Å². The number of aromatic nitrogens is 2. The van der Waals surface area contributed by atoms with Gasteiger partial charge in [-0.25, -0.2) is 14.4 Å². The lowest BCUT2D eigenvalue weighted by molar-refractivity contribution is 0.621. The number of rotatable bonds is 6. The van der Waals surface area contributed by atoms with Crippen molar-refractivity contribution < 1.29 is 4.39 Å². The Morgan fingerprint density at radius 2 is 1.90 bits per heavy atom. The molecule has 0 saturated carbocycles. The summed E-state index contributed by atoms with van der Waals surface area (Å²) in [6, 6.07) is 6.62. The van der Waals surface area contributed by atoms with Gasteiger partial charge in [0.05, 0.1) is 4.47 Å². The summed E-state index contributed by atoms with van der Waals surface area (Å²) in [5.41, 5.74) is 0.770. The highest BCUT2D eigenvalue weighted by atomic mass is 79.9. The minimum Gasteiger partial charge on any atom is -0.370 e. The number of anilines is 3. The molecule has 1 aromatic heterocycles. The molecule has 0 unspecified atom stereocenters. The minimum atomic E-state index is -0.289. The van der Waals surface area contributed by atoms with Crippen molar-refractivity contribution in [3.05, 3.63) is 40.4 Å². The van der Waals surface area contributed by atoms with E-state index in [1.54, 1.807) is 12.1 Å². The topological polar surface area (TPSA) is 49.8 Å². The second-order valence-electron chi connectivity index (χ2n) is 4.59. The zero-order valence-corrected chi connectivity index (χ0v) is 13.7. The van der Waals surface area contributed by atoms with Crippen LogP contribution in [-0.4, -0.2) is 16.5 Å². The monoisotopic (exact) mass is 352 g/mol. The molecule has 4 nitrogen and oxygen atoms in total. The van der Waals surface area contributed by atoms with Crippen LogP contribution in [-0.2, 0) is 6.42 Å². The van der Waals surface area contributed by atoms with Gasteiger partial charge < -0.3 is 10.6 Å². The van der Waals surface area contributed by atoms with Gasteiger partial charge in [0, 0.05) is 24.7 Å². The van der Waals surface area contributed by atoms with Crippen molar-refractivity contribution in [2.45, 2.75) is 26.7 Å². The Kier molecular flexibility index (Phi) is 5.50. The van der Waals surface area contributed by atoms with Crippen molar-refractivity contribution in [3.8, 4) is 0 Å². The van der Waals surface area contributed by atoms with E-state index in [9.17, 15) is 4.39 Å². The maximum Gasteiger partial charge on any atom is 0.137 e. The van der Waals surface area contributed by atoms with E-state index in [4.69, 9.17) is 0 Å². The largest absolute Gasteiger partial charge is 0.370 e. The molecule has 21 heavy (non-hydrogen) atoms. The van der Waals surface area contributed by atoms with Gasteiger partial charge in [0.25, 0.3) is 0 Å². The molecule has 0 aliphatic heterocycles. The van der Waals surface area contributed by atoms with Gasteiger partial charge >= 0.3 is 0 Å². The minimum absolute atomic E-state index is 0.289. The van der Waals surface area contributed by atoms with Gasteiger partial charge in [-0.2, -0.15) is 0 Å². The number of benzene rings is 1. The first-order valence-electron chi connectivity index (χ1n) is 6.96. The van der Waals surface area contributed by atoms with E-state index in [1.165, 1.54) is 6.07 Å². The Labute approximate surface area is 132 Å². The maximum absolute atomic E-state index is 13.3. The Morgan fingerprint density at radius 3 is 2.57 bits per heavy atom. The van der Waals surface area contributed by atoms with Gasteiger partial charge in [-0.1, -0.05) is 6.92 Å². The molecule has 0 atom stereocenters. The first-order valence-corrected chi connectivity index (χ1v) is 7.75. The molecule has 0 saturated heterocycles. The second kappa shape index (κ2) is 7.36. The third-order valence-electron chi connectivity index (χ3n) is 2.80. The normalized spacial score (nSPS) is 10.5. The van der Waals surface area contributed by atoms with Crippen molar-refractivity contribution in [1.82, 2.24) is 9.97 Å². The molecule has 2 aromatic rings. The fourth-order valence-corrected chi connectivity index (χ4v) is 2.27. The van der Waals surface area contributed by atoms with Crippen molar-refractivity contribution in [2.24, 2.45) is 0 Å². The molecule has 0 aliphatic carbocycles. The summed E-state index contributed by atoms with van der Waals surface area (Å²) in [5.74, 6) is 1.99. The first-order chi connectivity index (χ1) is 10.1. The molecule has 0 fully saturated rings. The van der Waals surface area contributed by atoms with Gasteiger partial charge in [-0.15, -0.1) is 0 Å². The zero-order valence-electron chi connectivity index (χ0n) is 12.1. The molecule has 2 N–H and O–H groups in total. The summed E-state index contributed by atoms with van der Waals surface area (Å²) in [7, 11) is 0. The molecule has 2 rings (SSSR count).